The first kappa shape index (κ1) is 22.0. The smallest absolute Gasteiger partial charge is 0.276 e. The Morgan fingerprint density at radius 3 is 2.48 bits per heavy atom. The van der Waals surface area contributed by atoms with E-state index in [4.69, 9.17) is 0 Å². The van der Waals surface area contributed by atoms with E-state index in [1.54, 1.807) is 53.2 Å². The van der Waals surface area contributed by atoms with E-state index in [9.17, 15) is 19.5 Å². The molecule has 0 unspecified atom stereocenters. The van der Waals surface area contributed by atoms with Gasteiger partial charge >= 0.3 is 0 Å². The standard InChI is InChI=1S/C25H24N4O4/c1-14-10-21(28-29(14)25(2,3)4)24(33)26-17-7-5-6-15(11-17)22(31)16-8-9-18-19(13-30)23(32)27-20(18)12-16/h5-13,27,32H,1-4H3,(H,26,33). The molecule has 0 spiro atoms. The minimum atomic E-state index is -0.365. The molecule has 0 saturated heterocycles. The van der Waals surface area contributed by atoms with Crippen molar-refractivity contribution in [3.63, 3.8) is 0 Å². The number of benzene rings is 2. The number of rotatable bonds is 5. The van der Waals surface area contributed by atoms with Crippen molar-refractivity contribution >= 4 is 34.6 Å². The molecule has 33 heavy (non-hydrogen) atoms. The predicted molar refractivity (Wildman–Crippen MR) is 125 cm³/mol. The molecule has 8 heteroatoms. The summed E-state index contributed by atoms with van der Waals surface area (Å²) in [6.07, 6.45) is 0.563. The highest BCUT2D eigenvalue weighted by atomic mass is 16.3. The number of aromatic nitrogens is 3. The van der Waals surface area contributed by atoms with E-state index in [0.29, 0.717) is 39.7 Å². The van der Waals surface area contributed by atoms with Crippen molar-refractivity contribution in [3.8, 4) is 5.88 Å². The van der Waals surface area contributed by atoms with Gasteiger partial charge in [-0.3, -0.25) is 19.1 Å². The van der Waals surface area contributed by atoms with Gasteiger partial charge in [0.25, 0.3) is 5.91 Å². The van der Waals surface area contributed by atoms with Gasteiger partial charge in [-0.1, -0.05) is 24.3 Å². The summed E-state index contributed by atoms with van der Waals surface area (Å²) in [6, 6.07) is 13.2. The number of aryl methyl sites for hydroxylation is 1. The summed E-state index contributed by atoms with van der Waals surface area (Å²) in [7, 11) is 0. The fourth-order valence-corrected chi connectivity index (χ4v) is 3.83. The van der Waals surface area contributed by atoms with E-state index in [0.717, 1.165) is 5.69 Å². The van der Waals surface area contributed by atoms with Crippen LogP contribution in [-0.4, -0.2) is 37.8 Å². The summed E-state index contributed by atoms with van der Waals surface area (Å²) in [4.78, 5) is 39.6. The van der Waals surface area contributed by atoms with E-state index in [-0.39, 0.29) is 28.7 Å². The van der Waals surface area contributed by atoms with Crippen LogP contribution in [0.4, 0.5) is 5.69 Å². The first-order chi connectivity index (χ1) is 15.6. The number of anilines is 1. The average molecular weight is 444 g/mol. The number of hydrogen-bond acceptors (Lipinski definition) is 5. The molecule has 0 aliphatic heterocycles. The average Bonchev–Trinajstić information content (AvgIpc) is 3.31. The molecular formula is C25H24N4O4. The molecule has 2 aromatic carbocycles. The van der Waals surface area contributed by atoms with Gasteiger partial charge < -0.3 is 15.4 Å². The van der Waals surface area contributed by atoms with E-state index < -0.39 is 0 Å². The number of aldehydes is 1. The maximum atomic E-state index is 13.0. The number of aromatic hydroxyl groups is 1. The molecule has 0 aliphatic carbocycles. The predicted octanol–water partition coefficient (Wildman–Crippen LogP) is 4.43. The largest absolute Gasteiger partial charge is 0.494 e. The summed E-state index contributed by atoms with van der Waals surface area (Å²) in [5, 5.41) is 17.6. The molecule has 0 fully saturated rings. The second kappa shape index (κ2) is 8.05. The second-order valence-corrected chi connectivity index (χ2v) is 8.88. The number of H-pyrrole nitrogens is 1. The normalized spacial score (nSPS) is 11.5. The lowest BCUT2D eigenvalue weighted by molar-refractivity contribution is 0.101. The molecule has 4 aromatic rings. The number of carbonyl (C=O) groups excluding carboxylic acids is 3. The molecule has 8 nitrogen and oxygen atoms in total. The third-order valence-electron chi connectivity index (χ3n) is 5.34. The second-order valence-electron chi connectivity index (χ2n) is 8.88. The van der Waals surface area contributed by atoms with Crippen LogP contribution in [0, 0.1) is 6.92 Å². The summed E-state index contributed by atoms with van der Waals surface area (Å²) >= 11 is 0. The fraction of sp³-hybridized carbons (Fsp3) is 0.200. The highest BCUT2D eigenvalue weighted by molar-refractivity contribution is 6.12. The van der Waals surface area contributed by atoms with Crippen LogP contribution in [0.15, 0.2) is 48.5 Å². The van der Waals surface area contributed by atoms with Gasteiger partial charge in [-0.2, -0.15) is 5.10 Å². The first-order valence-corrected chi connectivity index (χ1v) is 10.4. The van der Waals surface area contributed by atoms with Gasteiger partial charge in [0.2, 0.25) is 0 Å². The molecule has 4 rings (SSSR count). The molecule has 0 aliphatic rings. The minimum Gasteiger partial charge on any atom is -0.494 e. The van der Waals surface area contributed by atoms with Crippen molar-refractivity contribution in [2.24, 2.45) is 0 Å². The van der Waals surface area contributed by atoms with Gasteiger partial charge in [0.1, 0.15) is 0 Å². The molecule has 0 atom stereocenters. The molecule has 2 heterocycles. The number of fused-ring (bicyclic) bond motifs is 1. The number of hydrogen-bond donors (Lipinski definition) is 3. The summed E-state index contributed by atoms with van der Waals surface area (Å²) in [5.74, 6) is -0.864. The Hall–Kier alpha value is -4.20. The number of carbonyl (C=O) groups is 3. The van der Waals surface area contributed by atoms with Crippen molar-refractivity contribution < 1.29 is 19.5 Å². The Bertz CT molecular complexity index is 1410. The summed E-state index contributed by atoms with van der Waals surface area (Å²) < 4.78 is 1.80. The maximum Gasteiger partial charge on any atom is 0.276 e. The highest BCUT2D eigenvalue weighted by Gasteiger charge is 2.21. The van der Waals surface area contributed by atoms with Crippen molar-refractivity contribution in [1.29, 1.82) is 0 Å². The van der Waals surface area contributed by atoms with E-state index in [2.05, 4.69) is 15.4 Å². The topological polar surface area (TPSA) is 117 Å². The zero-order chi connectivity index (χ0) is 23.9. The van der Waals surface area contributed by atoms with Crippen LogP contribution in [-0.2, 0) is 5.54 Å². The summed E-state index contributed by atoms with van der Waals surface area (Å²) in [6.45, 7) is 7.92. The van der Waals surface area contributed by atoms with E-state index in [1.807, 2.05) is 27.7 Å². The monoisotopic (exact) mass is 444 g/mol. The van der Waals surface area contributed by atoms with Crippen LogP contribution in [0.3, 0.4) is 0 Å². The molecule has 168 valence electrons. The molecule has 2 aromatic heterocycles. The lowest BCUT2D eigenvalue weighted by Gasteiger charge is -2.21. The fourth-order valence-electron chi connectivity index (χ4n) is 3.83. The third-order valence-corrected chi connectivity index (χ3v) is 5.34. The van der Waals surface area contributed by atoms with Crippen LogP contribution in [0.2, 0.25) is 0 Å². The molecule has 0 radical (unpaired) electrons. The van der Waals surface area contributed by atoms with Crippen molar-refractivity contribution in [2.75, 3.05) is 5.32 Å². The van der Waals surface area contributed by atoms with Gasteiger partial charge in [-0.15, -0.1) is 0 Å². The van der Waals surface area contributed by atoms with Crippen LogP contribution >= 0.6 is 0 Å². The zero-order valence-electron chi connectivity index (χ0n) is 18.8. The van der Waals surface area contributed by atoms with Crippen molar-refractivity contribution in [2.45, 2.75) is 33.2 Å². The lowest BCUT2D eigenvalue weighted by atomic mass is 10.0. The van der Waals surface area contributed by atoms with Gasteiger partial charge in [0.05, 0.1) is 11.1 Å². The number of aromatic amines is 1. The highest BCUT2D eigenvalue weighted by Crippen LogP contribution is 2.27. The molecular weight excluding hydrogens is 420 g/mol. The van der Waals surface area contributed by atoms with Gasteiger partial charge in [-0.05, 0) is 52.0 Å². The maximum absolute atomic E-state index is 13.0. The summed E-state index contributed by atoms with van der Waals surface area (Å²) in [5.41, 5.74) is 2.78. The van der Waals surface area contributed by atoms with Crippen molar-refractivity contribution in [1.82, 2.24) is 14.8 Å². The minimum absolute atomic E-state index is 0.151. The lowest BCUT2D eigenvalue weighted by Crippen LogP contribution is -2.25. The third kappa shape index (κ3) is 4.15. The Labute approximate surface area is 190 Å². The number of nitrogens with zero attached hydrogens (tertiary/aromatic N) is 2. The van der Waals surface area contributed by atoms with E-state index in [1.165, 1.54) is 0 Å². The first-order valence-electron chi connectivity index (χ1n) is 10.4. The zero-order valence-corrected chi connectivity index (χ0v) is 18.8. The van der Waals surface area contributed by atoms with Crippen LogP contribution < -0.4 is 5.32 Å². The van der Waals surface area contributed by atoms with Crippen molar-refractivity contribution in [3.05, 3.63) is 76.6 Å². The van der Waals surface area contributed by atoms with Crippen LogP contribution in [0.25, 0.3) is 10.9 Å². The Morgan fingerprint density at radius 1 is 1.09 bits per heavy atom. The number of ketones is 1. The van der Waals surface area contributed by atoms with Crippen LogP contribution in [0.5, 0.6) is 5.88 Å². The van der Waals surface area contributed by atoms with Gasteiger partial charge in [0, 0.05) is 33.4 Å². The Kier molecular flexibility index (Phi) is 5.37. The molecule has 1 amide bonds. The molecule has 0 saturated carbocycles. The van der Waals surface area contributed by atoms with Gasteiger partial charge in [0.15, 0.2) is 23.6 Å². The number of amides is 1. The Morgan fingerprint density at radius 2 is 1.82 bits per heavy atom. The van der Waals surface area contributed by atoms with Crippen LogP contribution in [0.1, 0.15) is 63.2 Å². The Balaban J connectivity index is 1.58. The molecule has 3 N–H and O–H groups in total. The number of nitrogens with one attached hydrogen (secondary N) is 2. The molecule has 0 bridgehead atoms. The quantitative estimate of drug-likeness (QED) is 0.311. The van der Waals surface area contributed by atoms with E-state index >= 15 is 0 Å². The van der Waals surface area contributed by atoms with Gasteiger partial charge in [-0.25, -0.2) is 0 Å². The SMILES string of the molecule is Cc1cc(C(=O)Nc2cccc(C(=O)c3ccc4c(C=O)c(O)[nH]c4c3)c2)nn1C(C)(C)C.